The summed E-state index contributed by atoms with van der Waals surface area (Å²) in [5.74, 6) is 0.944. The van der Waals surface area contributed by atoms with Gasteiger partial charge in [0.05, 0.1) is 13.2 Å². The molecule has 1 saturated heterocycles. The summed E-state index contributed by atoms with van der Waals surface area (Å²) in [6, 6.07) is 6.48. The monoisotopic (exact) mass is 327 g/mol. The van der Waals surface area contributed by atoms with Gasteiger partial charge < -0.3 is 14.8 Å². The number of ether oxygens (including phenoxy) is 2. The maximum Gasteiger partial charge on any atom is 0.122 e. The van der Waals surface area contributed by atoms with E-state index in [4.69, 9.17) is 9.47 Å². The molecule has 1 aromatic rings. The van der Waals surface area contributed by atoms with Crippen LogP contribution in [0.5, 0.6) is 5.75 Å². The Labute approximate surface area is 123 Å². The molecule has 2 atom stereocenters. The van der Waals surface area contributed by atoms with E-state index < -0.39 is 0 Å². The molecule has 0 amide bonds. The molecule has 2 unspecified atom stereocenters. The minimum Gasteiger partial charge on any atom is -0.496 e. The van der Waals surface area contributed by atoms with Crippen molar-refractivity contribution in [2.24, 2.45) is 0 Å². The molecule has 4 heteroatoms. The molecular weight excluding hydrogens is 306 g/mol. The van der Waals surface area contributed by atoms with Crippen molar-refractivity contribution in [2.75, 3.05) is 20.8 Å². The predicted octanol–water partition coefficient (Wildman–Crippen LogP) is 3.16. The lowest BCUT2D eigenvalue weighted by atomic mass is 9.96. The van der Waals surface area contributed by atoms with Crippen molar-refractivity contribution in [1.82, 2.24) is 5.32 Å². The molecule has 2 rings (SSSR count). The van der Waals surface area contributed by atoms with Crippen molar-refractivity contribution in [3.63, 3.8) is 0 Å². The van der Waals surface area contributed by atoms with Crippen molar-refractivity contribution < 1.29 is 9.47 Å². The Morgan fingerprint density at radius 3 is 2.95 bits per heavy atom. The summed E-state index contributed by atoms with van der Waals surface area (Å²) in [6.07, 6.45) is 4.82. The maximum absolute atomic E-state index is 5.89. The zero-order valence-electron chi connectivity index (χ0n) is 11.6. The first-order chi connectivity index (χ1) is 9.24. The highest BCUT2D eigenvalue weighted by atomic mass is 79.9. The summed E-state index contributed by atoms with van der Waals surface area (Å²) in [6.45, 7) is 0.887. The second-order valence-electron chi connectivity index (χ2n) is 4.96. The summed E-state index contributed by atoms with van der Waals surface area (Å²) in [4.78, 5) is 0. The largest absolute Gasteiger partial charge is 0.496 e. The van der Waals surface area contributed by atoms with E-state index in [0.717, 1.165) is 29.7 Å². The Balaban J connectivity index is 2.10. The second-order valence-corrected chi connectivity index (χ2v) is 5.88. The highest BCUT2D eigenvalue weighted by Gasteiger charge is 2.24. The van der Waals surface area contributed by atoms with Gasteiger partial charge in [0, 0.05) is 17.1 Å². The number of likely N-dealkylation sites (N-methyl/N-ethyl adjacent to an activating group) is 1. The topological polar surface area (TPSA) is 30.5 Å². The van der Waals surface area contributed by atoms with Crippen LogP contribution < -0.4 is 10.1 Å². The zero-order valence-corrected chi connectivity index (χ0v) is 13.2. The molecule has 0 aromatic heterocycles. The van der Waals surface area contributed by atoms with Gasteiger partial charge in [-0.05, 0) is 56.5 Å². The van der Waals surface area contributed by atoms with Crippen LogP contribution in [0.4, 0.5) is 0 Å². The van der Waals surface area contributed by atoms with Gasteiger partial charge in [0.15, 0.2) is 0 Å². The normalized spacial score (nSPS) is 21.1. The van der Waals surface area contributed by atoms with Crippen LogP contribution in [0.1, 0.15) is 24.8 Å². The third kappa shape index (κ3) is 3.94. The van der Waals surface area contributed by atoms with E-state index in [1.165, 1.54) is 18.4 Å². The van der Waals surface area contributed by atoms with Crippen LogP contribution in [0.3, 0.4) is 0 Å². The fourth-order valence-electron chi connectivity index (χ4n) is 2.65. The zero-order chi connectivity index (χ0) is 13.7. The van der Waals surface area contributed by atoms with E-state index in [0.29, 0.717) is 12.1 Å². The van der Waals surface area contributed by atoms with Gasteiger partial charge in [0.2, 0.25) is 0 Å². The van der Waals surface area contributed by atoms with Crippen LogP contribution in [-0.4, -0.2) is 32.9 Å². The van der Waals surface area contributed by atoms with E-state index in [2.05, 4.69) is 27.3 Å². The molecular formula is C15H22BrNO2. The van der Waals surface area contributed by atoms with Crippen LogP contribution in [0.2, 0.25) is 0 Å². The maximum atomic E-state index is 5.89. The molecule has 1 aromatic carbocycles. The van der Waals surface area contributed by atoms with Gasteiger partial charge in [-0.15, -0.1) is 0 Å². The Morgan fingerprint density at radius 1 is 1.47 bits per heavy atom. The lowest BCUT2D eigenvalue weighted by molar-refractivity contribution is -0.00595. The third-order valence-corrected chi connectivity index (χ3v) is 4.21. The smallest absolute Gasteiger partial charge is 0.122 e. The Morgan fingerprint density at radius 2 is 2.32 bits per heavy atom. The van der Waals surface area contributed by atoms with Gasteiger partial charge in [0.25, 0.3) is 0 Å². The molecule has 0 saturated carbocycles. The molecule has 0 aliphatic carbocycles. The highest BCUT2D eigenvalue weighted by Crippen LogP contribution is 2.26. The van der Waals surface area contributed by atoms with Gasteiger partial charge in [-0.25, -0.2) is 0 Å². The van der Waals surface area contributed by atoms with Crippen LogP contribution in [0.15, 0.2) is 22.7 Å². The highest BCUT2D eigenvalue weighted by molar-refractivity contribution is 9.10. The molecule has 1 N–H and O–H groups in total. The number of rotatable bonds is 5. The number of methoxy groups -OCH3 is 1. The van der Waals surface area contributed by atoms with Crippen LogP contribution in [0.25, 0.3) is 0 Å². The Kier molecular flexibility index (Phi) is 5.67. The average Bonchev–Trinajstić information content (AvgIpc) is 2.46. The third-order valence-electron chi connectivity index (χ3n) is 3.72. The van der Waals surface area contributed by atoms with E-state index in [-0.39, 0.29) is 0 Å². The van der Waals surface area contributed by atoms with Gasteiger partial charge in [-0.3, -0.25) is 0 Å². The van der Waals surface area contributed by atoms with Gasteiger partial charge >= 0.3 is 0 Å². The fourth-order valence-corrected chi connectivity index (χ4v) is 3.05. The quantitative estimate of drug-likeness (QED) is 0.901. The number of nitrogens with one attached hydrogen (secondary N) is 1. The Bertz CT molecular complexity index is 405. The van der Waals surface area contributed by atoms with Crippen LogP contribution >= 0.6 is 15.9 Å². The second kappa shape index (κ2) is 7.27. The van der Waals surface area contributed by atoms with Crippen molar-refractivity contribution in [1.29, 1.82) is 0 Å². The number of halogens is 1. The van der Waals surface area contributed by atoms with Crippen molar-refractivity contribution in [2.45, 2.75) is 37.8 Å². The lowest BCUT2D eigenvalue weighted by Gasteiger charge is -2.30. The summed E-state index contributed by atoms with van der Waals surface area (Å²) in [5.41, 5.74) is 1.21. The molecule has 1 fully saturated rings. The lowest BCUT2D eigenvalue weighted by Crippen LogP contribution is -2.42. The molecule has 0 bridgehead atoms. The van der Waals surface area contributed by atoms with Gasteiger partial charge in [-0.2, -0.15) is 0 Å². The summed E-state index contributed by atoms with van der Waals surface area (Å²) < 4.78 is 12.4. The number of hydrogen-bond donors (Lipinski definition) is 1. The van der Waals surface area contributed by atoms with Crippen molar-refractivity contribution >= 4 is 15.9 Å². The van der Waals surface area contributed by atoms with Crippen molar-refractivity contribution in [3.8, 4) is 5.75 Å². The van der Waals surface area contributed by atoms with E-state index >= 15 is 0 Å². The summed E-state index contributed by atoms with van der Waals surface area (Å²) >= 11 is 3.53. The first kappa shape index (κ1) is 14.8. The van der Waals surface area contributed by atoms with Gasteiger partial charge in [0.1, 0.15) is 5.75 Å². The summed E-state index contributed by atoms with van der Waals surface area (Å²) in [7, 11) is 3.73. The molecule has 1 aliphatic heterocycles. The minimum atomic E-state index is 0.308. The standard InChI is InChI=1S/C15H22BrNO2/c1-17-13(15-5-3-4-8-19-15)10-11-9-12(16)6-7-14(11)18-2/h6-7,9,13,15,17H,3-5,8,10H2,1-2H3. The van der Waals surface area contributed by atoms with Gasteiger partial charge in [-0.1, -0.05) is 15.9 Å². The molecule has 1 aliphatic rings. The molecule has 106 valence electrons. The van der Waals surface area contributed by atoms with E-state index in [1.807, 2.05) is 19.2 Å². The molecule has 19 heavy (non-hydrogen) atoms. The minimum absolute atomic E-state index is 0.308. The molecule has 0 spiro atoms. The molecule has 0 radical (unpaired) electrons. The first-order valence-electron chi connectivity index (χ1n) is 6.86. The predicted molar refractivity (Wildman–Crippen MR) is 80.8 cm³/mol. The number of benzene rings is 1. The van der Waals surface area contributed by atoms with Crippen LogP contribution in [0, 0.1) is 0 Å². The fraction of sp³-hybridized carbons (Fsp3) is 0.600. The average molecular weight is 328 g/mol. The molecule has 1 heterocycles. The van der Waals surface area contributed by atoms with Crippen LogP contribution in [-0.2, 0) is 11.2 Å². The van der Waals surface area contributed by atoms with E-state index in [9.17, 15) is 0 Å². The first-order valence-corrected chi connectivity index (χ1v) is 7.65. The van der Waals surface area contributed by atoms with E-state index in [1.54, 1.807) is 7.11 Å². The summed E-state index contributed by atoms with van der Waals surface area (Å²) in [5, 5.41) is 3.40. The molecule has 3 nitrogen and oxygen atoms in total. The Hall–Kier alpha value is -0.580. The van der Waals surface area contributed by atoms with Crippen molar-refractivity contribution in [3.05, 3.63) is 28.2 Å². The SMILES string of the molecule is CNC(Cc1cc(Br)ccc1OC)C1CCCCO1. The number of hydrogen-bond acceptors (Lipinski definition) is 3.